The SMILES string of the molecule is COC1(C)CCCN(S(=O)(=O)c2ccc(N)cc2C#N)C1. The Balaban J connectivity index is 2.41. The molecule has 7 heteroatoms. The number of nitriles is 1. The monoisotopic (exact) mass is 309 g/mol. The molecule has 6 nitrogen and oxygen atoms in total. The van der Waals surface area contributed by atoms with Crippen LogP contribution in [0, 0.1) is 11.3 Å². The number of sulfonamides is 1. The summed E-state index contributed by atoms with van der Waals surface area (Å²) in [6.45, 7) is 2.60. The number of rotatable bonds is 3. The smallest absolute Gasteiger partial charge is 0.244 e. The minimum absolute atomic E-state index is 0.000414. The summed E-state index contributed by atoms with van der Waals surface area (Å²) < 4.78 is 32.3. The van der Waals surface area contributed by atoms with Crippen molar-refractivity contribution in [2.24, 2.45) is 0 Å². The fourth-order valence-electron chi connectivity index (χ4n) is 2.53. The molecule has 0 amide bonds. The largest absolute Gasteiger partial charge is 0.399 e. The van der Waals surface area contributed by atoms with Gasteiger partial charge in [0.15, 0.2) is 0 Å². The quantitative estimate of drug-likeness (QED) is 0.850. The molecule has 1 fully saturated rings. The minimum atomic E-state index is -3.73. The second-order valence-corrected chi connectivity index (χ2v) is 7.37. The average molecular weight is 309 g/mol. The van der Waals surface area contributed by atoms with Crippen molar-refractivity contribution in [3.8, 4) is 6.07 Å². The highest BCUT2D eigenvalue weighted by Gasteiger charge is 2.37. The van der Waals surface area contributed by atoms with Gasteiger partial charge in [-0.2, -0.15) is 9.57 Å². The Hall–Kier alpha value is -1.62. The van der Waals surface area contributed by atoms with Crippen molar-refractivity contribution >= 4 is 15.7 Å². The average Bonchev–Trinajstić information content (AvgIpc) is 2.47. The van der Waals surface area contributed by atoms with Crippen LogP contribution in [0.15, 0.2) is 23.1 Å². The van der Waals surface area contributed by atoms with E-state index in [0.717, 1.165) is 12.8 Å². The number of ether oxygens (including phenoxy) is 1. The van der Waals surface area contributed by atoms with Gasteiger partial charge in [0.1, 0.15) is 11.0 Å². The lowest BCUT2D eigenvalue weighted by molar-refractivity contribution is -0.0319. The number of piperidine rings is 1. The van der Waals surface area contributed by atoms with Gasteiger partial charge in [-0.25, -0.2) is 8.42 Å². The molecule has 1 unspecified atom stereocenters. The second kappa shape index (κ2) is 5.64. The summed E-state index contributed by atoms with van der Waals surface area (Å²) in [4.78, 5) is -0.000414. The highest BCUT2D eigenvalue weighted by atomic mass is 32.2. The van der Waals surface area contributed by atoms with Crippen molar-refractivity contribution in [3.05, 3.63) is 23.8 Å². The maximum Gasteiger partial charge on any atom is 0.244 e. The van der Waals surface area contributed by atoms with E-state index in [4.69, 9.17) is 15.7 Å². The summed E-state index contributed by atoms with van der Waals surface area (Å²) >= 11 is 0. The third-order valence-electron chi connectivity index (χ3n) is 3.86. The van der Waals surface area contributed by atoms with Crippen LogP contribution in [0.4, 0.5) is 5.69 Å². The van der Waals surface area contributed by atoms with E-state index in [0.29, 0.717) is 12.2 Å². The van der Waals surface area contributed by atoms with Gasteiger partial charge in [-0.1, -0.05) is 0 Å². The maximum absolute atomic E-state index is 12.8. The van der Waals surface area contributed by atoms with Gasteiger partial charge in [0, 0.05) is 25.9 Å². The molecule has 1 saturated heterocycles. The van der Waals surface area contributed by atoms with E-state index in [1.54, 1.807) is 7.11 Å². The van der Waals surface area contributed by atoms with E-state index in [2.05, 4.69) is 0 Å². The van der Waals surface area contributed by atoms with Gasteiger partial charge in [-0.15, -0.1) is 0 Å². The molecule has 1 aromatic carbocycles. The third-order valence-corrected chi connectivity index (χ3v) is 5.76. The van der Waals surface area contributed by atoms with Gasteiger partial charge in [-0.05, 0) is 38.0 Å². The van der Waals surface area contributed by atoms with Crippen LogP contribution >= 0.6 is 0 Å². The number of hydrogen-bond donors (Lipinski definition) is 1. The fraction of sp³-hybridized carbons (Fsp3) is 0.500. The van der Waals surface area contributed by atoms with Gasteiger partial charge < -0.3 is 10.5 Å². The highest BCUT2D eigenvalue weighted by Crippen LogP contribution is 2.29. The number of benzene rings is 1. The van der Waals surface area contributed by atoms with E-state index in [-0.39, 0.29) is 17.0 Å². The molecule has 0 spiro atoms. The van der Waals surface area contributed by atoms with Gasteiger partial charge in [0.05, 0.1) is 11.2 Å². The van der Waals surface area contributed by atoms with E-state index < -0.39 is 15.6 Å². The van der Waals surface area contributed by atoms with Gasteiger partial charge in [0.2, 0.25) is 10.0 Å². The molecule has 21 heavy (non-hydrogen) atoms. The zero-order chi connectivity index (χ0) is 15.7. The molecule has 2 N–H and O–H groups in total. The summed E-state index contributed by atoms with van der Waals surface area (Å²) in [5.41, 5.74) is 5.55. The van der Waals surface area contributed by atoms with Crippen LogP contribution in [0.25, 0.3) is 0 Å². The summed E-state index contributed by atoms with van der Waals surface area (Å²) in [5, 5.41) is 9.14. The molecule has 114 valence electrons. The molecular weight excluding hydrogens is 290 g/mol. The van der Waals surface area contributed by atoms with E-state index in [1.807, 2.05) is 13.0 Å². The Bertz CT molecular complexity index is 681. The van der Waals surface area contributed by atoms with Crippen molar-refractivity contribution in [1.29, 1.82) is 5.26 Å². The zero-order valence-corrected chi connectivity index (χ0v) is 13.0. The van der Waals surface area contributed by atoms with Gasteiger partial charge in [0.25, 0.3) is 0 Å². The van der Waals surface area contributed by atoms with Crippen LogP contribution in [0.1, 0.15) is 25.3 Å². The lowest BCUT2D eigenvalue weighted by atomic mass is 9.96. The normalized spacial score (nSPS) is 23.7. The first-order chi connectivity index (χ1) is 9.82. The van der Waals surface area contributed by atoms with Crippen molar-refractivity contribution in [2.45, 2.75) is 30.3 Å². The predicted octanol–water partition coefficient (Wildman–Crippen LogP) is 1.33. The first kappa shape index (κ1) is 15.8. The number of nitrogens with two attached hydrogens (primary N) is 1. The van der Waals surface area contributed by atoms with Crippen molar-refractivity contribution in [1.82, 2.24) is 4.31 Å². The Labute approximate surface area is 125 Å². The van der Waals surface area contributed by atoms with Crippen LogP contribution in [-0.2, 0) is 14.8 Å². The van der Waals surface area contributed by atoms with Crippen LogP contribution in [0.5, 0.6) is 0 Å². The lowest BCUT2D eigenvalue weighted by Crippen LogP contribution is -2.49. The topological polar surface area (TPSA) is 96.4 Å². The second-order valence-electron chi connectivity index (χ2n) is 5.46. The molecule has 2 rings (SSSR count). The standard InChI is InChI=1S/C14H19N3O3S/c1-14(20-2)6-3-7-17(10-14)21(18,19)13-5-4-12(16)8-11(13)9-15/h4-5,8H,3,6-7,10,16H2,1-2H3. The van der Waals surface area contributed by atoms with Gasteiger partial charge in [-0.3, -0.25) is 0 Å². The zero-order valence-electron chi connectivity index (χ0n) is 12.2. The van der Waals surface area contributed by atoms with Crippen LogP contribution < -0.4 is 5.73 Å². The first-order valence-corrected chi connectivity index (χ1v) is 8.11. The number of hydrogen-bond acceptors (Lipinski definition) is 5. The Morgan fingerprint density at radius 3 is 2.81 bits per heavy atom. The predicted molar refractivity (Wildman–Crippen MR) is 79.0 cm³/mol. The van der Waals surface area contributed by atoms with E-state index in [1.165, 1.54) is 22.5 Å². The fourth-order valence-corrected chi connectivity index (χ4v) is 4.24. The summed E-state index contributed by atoms with van der Waals surface area (Å²) in [7, 11) is -2.14. The Morgan fingerprint density at radius 2 is 2.19 bits per heavy atom. The summed E-state index contributed by atoms with van der Waals surface area (Å²) in [6.07, 6.45) is 1.53. The minimum Gasteiger partial charge on any atom is -0.399 e. The molecular formula is C14H19N3O3S. The van der Waals surface area contributed by atoms with E-state index in [9.17, 15) is 8.42 Å². The number of nitrogen functional groups attached to an aromatic ring is 1. The molecule has 0 aliphatic carbocycles. The van der Waals surface area contributed by atoms with Gasteiger partial charge >= 0.3 is 0 Å². The van der Waals surface area contributed by atoms with Crippen molar-refractivity contribution in [2.75, 3.05) is 25.9 Å². The molecule has 1 aliphatic heterocycles. The van der Waals surface area contributed by atoms with E-state index >= 15 is 0 Å². The lowest BCUT2D eigenvalue weighted by Gasteiger charge is -2.38. The molecule has 0 aromatic heterocycles. The first-order valence-electron chi connectivity index (χ1n) is 6.67. The maximum atomic E-state index is 12.8. The number of methoxy groups -OCH3 is 1. The van der Waals surface area contributed by atoms with Crippen LogP contribution in [0.2, 0.25) is 0 Å². The van der Waals surface area contributed by atoms with Crippen molar-refractivity contribution < 1.29 is 13.2 Å². The summed E-state index contributed by atoms with van der Waals surface area (Å²) in [6, 6.07) is 6.16. The van der Waals surface area contributed by atoms with Crippen LogP contribution in [-0.4, -0.2) is 38.5 Å². The molecule has 0 bridgehead atoms. The molecule has 1 atom stereocenters. The number of anilines is 1. The Kier molecular flexibility index (Phi) is 4.23. The molecule has 1 aromatic rings. The highest BCUT2D eigenvalue weighted by molar-refractivity contribution is 7.89. The summed E-state index contributed by atoms with van der Waals surface area (Å²) in [5.74, 6) is 0. The Morgan fingerprint density at radius 1 is 1.48 bits per heavy atom. The van der Waals surface area contributed by atoms with Crippen molar-refractivity contribution in [3.63, 3.8) is 0 Å². The molecule has 0 radical (unpaired) electrons. The molecule has 1 heterocycles. The van der Waals surface area contributed by atoms with Crippen LogP contribution in [0.3, 0.4) is 0 Å². The molecule has 1 aliphatic rings. The number of nitrogens with zero attached hydrogens (tertiary/aromatic N) is 2. The molecule has 0 saturated carbocycles. The third kappa shape index (κ3) is 3.02.